The highest BCUT2D eigenvalue weighted by molar-refractivity contribution is 9.10. The van der Waals surface area contributed by atoms with E-state index in [1.807, 2.05) is 6.07 Å². The van der Waals surface area contributed by atoms with E-state index in [1.165, 1.54) is 18.2 Å². The number of carbonyl (C=O) groups excluding carboxylic acids is 1. The molecule has 0 fully saturated rings. The highest BCUT2D eigenvalue weighted by Gasteiger charge is 2.20. The van der Waals surface area contributed by atoms with Crippen molar-refractivity contribution in [2.45, 2.75) is 12.8 Å². The first kappa shape index (κ1) is 19.4. The minimum absolute atomic E-state index is 0.0170. The second-order valence-electron chi connectivity index (χ2n) is 5.42. The van der Waals surface area contributed by atoms with Crippen molar-refractivity contribution < 1.29 is 17.6 Å². The third-order valence-corrected chi connectivity index (χ3v) is 5.31. The molecule has 0 bridgehead atoms. The van der Waals surface area contributed by atoms with Crippen LogP contribution in [0.5, 0.6) is 0 Å². The molecule has 1 N–H and O–H groups in total. The molecule has 2 aromatic rings. The van der Waals surface area contributed by atoms with Gasteiger partial charge in [0.05, 0.1) is 17.6 Å². The largest absolute Gasteiger partial charge is 0.325 e. The van der Waals surface area contributed by atoms with Crippen molar-refractivity contribution in [2.75, 3.05) is 22.4 Å². The summed E-state index contributed by atoms with van der Waals surface area (Å²) < 4.78 is 39.5. The fourth-order valence-electron chi connectivity index (χ4n) is 2.28. The molecule has 5 nitrogen and oxygen atoms in total. The Balaban J connectivity index is 1.99. The van der Waals surface area contributed by atoms with Crippen molar-refractivity contribution in [3.8, 4) is 0 Å². The Kier molecular flexibility index (Phi) is 6.55. The summed E-state index contributed by atoms with van der Waals surface area (Å²) in [5.74, 6) is -0.862. The number of halogens is 2. The SMILES string of the molecule is CS(=O)(=O)N(CCCC(=O)Nc1ccccc1Br)c1ccccc1F. The molecule has 0 spiro atoms. The van der Waals surface area contributed by atoms with E-state index < -0.39 is 15.8 Å². The van der Waals surface area contributed by atoms with Crippen LogP contribution in [0.2, 0.25) is 0 Å². The van der Waals surface area contributed by atoms with Crippen molar-refractivity contribution in [3.05, 3.63) is 58.8 Å². The summed E-state index contributed by atoms with van der Waals surface area (Å²) in [5.41, 5.74) is 0.623. The Morgan fingerprint density at radius 3 is 2.44 bits per heavy atom. The van der Waals surface area contributed by atoms with E-state index in [-0.39, 0.29) is 31.0 Å². The maximum Gasteiger partial charge on any atom is 0.232 e. The first-order chi connectivity index (χ1) is 11.8. The van der Waals surface area contributed by atoms with Gasteiger partial charge in [0, 0.05) is 17.4 Å². The zero-order chi connectivity index (χ0) is 18.4. The summed E-state index contributed by atoms with van der Waals surface area (Å²) in [5, 5.41) is 2.75. The highest BCUT2D eigenvalue weighted by Crippen LogP contribution is 2.23. The standard InChI is InChI=1S/C17H18BrFN2O3S/c1-25(23,24)21(16-10-5-3-8-14(16)19)12-6-11-17(22)20-15-9-4-2-7-13(15)18/h2-5,7-10H,6,11-12H2,1H3,(H,20,22). The third kappa shape index (κ3) is 5.54. The number of nitrogens with zero attached hydrogens (tertiary/aromatic N) is 1. The normalized spacial score (nSPS) is 11.2. The molecule has 0 saturated heterocycles. The number of sulfonamides is 1. The van der Waals surface area contributed by atoms with E-state index in [4.69, 9.17) is 0 Å². The fourth-order valence-corrected chi connectivity index (χ4v) is 3.63. The quantitative estimate of drug-likeness (QED) is 0.729. The minimum atomic E-state index is -3.65. The lowest BCUT2D eigenvalue weighted by molar-refractivity contribution is -0.116. The minimum Gasteiger partial charge on any atom is -0.325 e. The van der Waals surface area contributed by atoms with Gasteiger partial charge in [0.2, 0.25) is 15.9 Å². The van der Waals surface area contributed by atoms with Crippen LogP contribution in [0, 0.1) is 5.82 Å². The molecule has 0 unspecified atom stereocenters. The van der Waals surface area contributed by atoms with Crippen LogP contribution >= 0.6 is 15.9 Å². The maximum atomic E-state index is 13.9. The smallest absolute Gasteiger partial charge is 0.232 e. The van der Waals surface area contributed by atoms with E-state index in [2.05, 4.69) is 21.2 Å². The molecule has 0 radical (unpaired) electrons. The first-order valence-electron chi connectivity index (χ1n) is 7.55. The molecule has 0 saturated carbocycles. The fraction of sp³-hybridized carbons (Fsp3) is 0.235. The number of amides is 1. The number of benzene rings is 2. The van der Waals surface area contributed by atoms with Crippen LogP contribution in [0.25, 0.3) is 0 Å². The maximum absolute atomic E-state index is 13.9. The van der Waals surface area contributed by atoms with Crippen LogP contribution in [0.15, 0.2) is 53.0 Å². The molecule has 2 rings (SSSR count). The number of para-hydroxylation sites is 2. The number of carbonyl (C=O) groups is 1. The zero-order valence-electron chi connectivity index (χ0n) is 13.6. The summed E-state index contributed by atoms with van der Waals surface area (Å²) in [6.07, 6.45) is 1.39. The molecule has 25 heavy (non-hydrogen) atoms. The second kappa shape index (κ2) is 8.44. The topological polar surface area (TPSA) is 66.5 Å². The van der Waals surface area contributed by atoms with Crippen LogP contribution in [-0.2, 0) is 14.8 Å². The number of anilines is 2. The average molecular weight is 429 g/mol. The monoisotopic (exact) mass is 428 g/mol. The van der Waals surface area contributed by atoms with E-state index in [0.717, 1.165) is 15.0 Å². The highest BCUT2D eigenvalue weighted by atomic mass is 79.9. The molecule has 0 atom stereocenters. The summed E-state index contributed by atoms with van der Waals surface area (Å²) in [6.45, 7) is 0.0170. The van der Waals surface area contributed by atoms with Gasteiger partial charge in [-0.3, -0.25) is 9.10 Å². The van der Waals surface area contributed by atoms with Gasteiger partial charge in [0.15, 0.2) is 0 Å². The molecule has 0 aliphatic carbocycles. The van der Waals surface area contributed by atoms with Gasteiger partial charge < -0.3 is 5.32 Å². The van der Waals surface area contributed by atoms with Gasteiger partial charge in [-0.2, -0.15) is 0 Å². The number of hydrogen-bond acceptors (Lipinski definition) is 3. The van der Waals surface area contributed by atoms with Crippen molar-refractivity contribution in [1.29, 1.82) is 0 Å². The van der Waals surface area contributed by atoms with Gasteiger partial charge in [0.25, 0.3) is 0 Å². The third-order valence-electron chi connectivity index (χ3n) is 3.43. The van der Waals surface area contributed by atoms with E-state index >= 15 is 0 Å². The summed E-state index contributed by atoms with van der Waals surface area (Å²) in [7, 11) is -3.65. The Morgan fingerprint density at radius 2 is 1.80 bits per heavy atom. The Labute approximate surface area is 155 Å². The molecule has 0 aromatic heterocycles. The van der Waals surface area contributed by atoms with Crippen LogP contribution in [0.4, 0.5) is 15.8 Å². The molecular formula is C17H18BrFN2O3S. The predicted octanol–water partition coefficient (Wildman–Crippen LogP) is 3.77. The molecule has 1 amide bonds. The lowest BCUT2D eigenvalue weighted by Crippen LogP contribution is -2.32. The van der Waals surface area contributed by atoms with E-state index in [0.29, 0.717) is 5.69 Å². The number of nitrogens with one attached hydrogen (secondary N) is 1. The number of rotatable bonds is 7. The zero-order valence-corrected chi connectivity index (χ0v) is 16.0. The molecule has 0 heterocycles. The summed E-state index contributed by atoms with van der Waals surface area (Å²) >= 11 is 3.34. The Bertz CT molecular complexity index is 858. The predicted molar refractivity (Wildman–Crippen MR) is 101 cm³/mol. The van der Waals surface area contributed by atoms with Gasteiger partial charge in [-0.1, -0.05) is 24.3 Å². The molecule has 2 aromatic carbocycles. The van der Waals surface area contributed by atoms with Crippen LogP contribution in [0.1, 0.15) is 12.8 Å². The van der Waals surface area contributed by atoms with Gasteiger partial charge in [-0.15, -0.1) is 0 Å². The molecule has 8 heteroatoms. The van der Waals surface area contributed by atoms with Gasteiger partial charge >= 0.3 is 0 Å². The lowest BCUT2D eigenvalue weighted by atomic mass is 10.2. The van der Waals surface area contributed by atoms with Gasteiger partial charge in [-0.25, -0.2) is 12.8 Å². The van der Waals surface area contributed by atoms with Gasteiger partial charge in [-0.05, 0) is 46.6 Å². The van der Waals surface area contributed by atoms with Crippen molar-refractivity contribution in [3.63, 3.8) is 0 Å². The summed E-state index contributed by atoms with van der Waals surface area (Å²) in [4.78, 5) is 12.0. The van der Waals surface area contributed by atoms with Crippen LogP contribution < -0.4 is 9.62 Å². The molecule has 0 aliphatic heterocycles. The Hall–Kier alpha value is -1.93. The lowest BCUT2D eigenvalue weighted by Gasteiger charge is -2.22. The van der Waals surface area contributed by atoms with Crippen molar-refractivity contribution in [2.24, 2.45) is 0 Å². The molecule has 0 aliphatic rings. The van der Waals surface area contributed by atoms with E-state index in [9.17, 15) is 17.6 Å². The van der Waals surface area contributed by atoms with Crippen LogP contribution in [-0.4, -0.2) is 27.1 Å². The van der Waals surface area contributed by atoms with Gasteiger partial charge in [0.1, 0.15) is 5.82 Å². The molecule has 134 valence electrons. The molecular weight excluding hydrogens is 411 g/mol. The Morgan fingerprint density at radius 1 is 1.16 bits per heavy atom. The van der Waals surface area contributed by atoms with E-state index in [1.54, 1.807) is 24.3 Å². The van der Waals surface area contributed by atoms with Crippen molar-refractivity contribution >= 4 is 43.2 Å². The van der Waals surface area contributed by atoms with Crippen molar-refractivity contribution in [1.82, 2.24) is 0 Å². The number of hydrogen-bond donors (Lipinski definition) is 1. The second-order valence-corrected chi connectivity index (χ2v) is 8.18. The summed E-state index contributed by atoms with van der Waals surface area (Å²) in [6, 6.07) is 12.8. The first-order valence-corrected chi connectivity index (χ1v) is 10.2. The average Bonchev–Trinajstić information content (AvgIpc) is 2.54. The van der Waals surface area contributed by atoms with Crippen LogP contribution in [0.3, 0.4) is 0 Å².